The Morgan fingerprint density at radius 1 is 1.31 bits per heavy atom. The lowest BCUT2D eigenvalue weighted by atomic mass is 9.93. The summed E-state index contributed by atoms with van der Waals surface area (Å²) in [6, 6.07) is 0. The molecule has 1 amide bonds. The van der Waals surface area contributed by atoms with Crippen LogP contribution in [-0.4, -0.2) is 44.9 Å². The molecule has 8 heteroatoms. The van der Waals surface area contributed by atoms with Crippen LogP contribution >= 0.6 is 11.3 Å². The van der Waals surface area contributed by atoms with E-state index in [4.69, 9.17) is 5.11 Å². The van der Waals surface area contributed by atoms with Crippen LogP contribution in [0.4, 0.5) is 0 Å². The van der Waals surface area contributed by atoms with Crippen molar-refractivity contribution in [1.82, 2.24) is 14.9 Å². The maximum absolute atomic E-state index is 12.4. The van der Waals surface area contributed by atoms with Crippen molar-refractivity contribution in [3.05, 3.63) is 26.6 Å². The number of hydrogen-bond donors (Lipinski definition) is 2. The summed E-state index contributed by atoms with van der Waals surface area (Å²) in [5, 5.41) is 9.49. The molecule has 2 N–H and O–H groups in total. The number of aryl methyl sites for hydroxylation is 3. The fourth-order valence-electron chi connectivity index (χ4n) is 3.43. The van der Waals surface area contributed by atoms with E-state index in [1.54, 1.807) is 4.90 Å². The van der Waals surface area contributed by atoms with E-state index >= 15 is 0 Å². The average Bonchev–Trinajstić information content (AvgIpc) is 2.87. The van der Waals surface area contributed by atoms with Crippen LogP contribution in [0.2, 0.25) is 0 Å². The number of nitrogens with one attached hydrogen (secondary N) is 1. The van der Waals surface area contributed by atoms with Crippen molar-refractivity contribution in [3.63, 3.8) is 0 Å². The van der Waals surface area contributed by atoms with Crippen LogP contribution in [0.1, 0.15) is 41.9 Å². The summed E-state index contributed by atoms with van der Waals surface area (Å²) in [5.41, 5.74) is 0.819. The quantitative estimate of drug-likeness (QED) is 0.832. The smallest absolute Gasteiger partial charge is 0.303 e. The van der Waals surface area contributed by atoms with Crippen molar-refractivity contribution in [2.45, 2.75) is 46.0 Å². The zero-order valence-electron chi connectivity index (χ0n) is 15.0. The van der Waals surface area contributed by atoms with Crippen molar-refractivity contribution < 1.29 is 14.7 Å². The summed E-state index contributed by atoms with van der Waals surface area (Å²) in [6.07, 6.45) is 2.32. The van der Waals surface area contributed by atoms with Gasteiger partial charge in [-0.1, -0.05) is 0 Å². The summed E-state index contributed by atoms with van der Waals surface area (Å²) in [4.78, 5) is 46.3. The first kappa shape index (κ1) is 18.6. The Kier molecular flexibility index (Phi) is 5.41. The largest absolute Gasteiger partial charge is 0.481 e. The molecule has 1 aliphatic rings. The number of piperidine rings is 1. The highest BCUT2D eigenvalue weighted by molar-refractivity contribution is 7.18. The van der Waals surface area contributed by atoms with Gasteiger partial charge in [-0.15, -0.1) is 11.3 Å². The van der Waals surface area contributed by atoms with Gasteiger partial charge in [0.05, 0.1) is 5.39 Å². The number of carboxylic acid groups (broad SMARTS) is 1. The molecule has 1 aliphatic heterocycles. The second-order valence-corrected chi connectivity index (χ2v) is 8.10. The molecule has 3 rings (SSSR count). The molecule has 0 aromatic carbocycles. The molecule has 0 bridgehead atoms. The van der Waals surface area contributed by atoms with Crippen molar-refractivity contribution in [2.75, 3.05) is 13.1 Å². The number of carboxylic acids is 1. The van der Waals surface area contributed by atoms with E-state index in [-0.39, 0.29) is 23.8 Å². The monoisotopic (exact) mass is 377 g/mol. The first-order valence-corrected chi connectivity index (χ1v) is 9.65. The Balaban J connectivity index is 1.59. The summed E-state index contributed by atoms with van der Waals surface area (Å²) in [7, 11) is 0. The van der Waals surface area contributed by atoms with Gasteiger partial charge < -0.3 is 15.0 Å². The molecule has 1 saturated heterocycles. The summed E-state index contributed by atoms with van der Waals surface area (Å²) >= 11 is 1.50. The third kappa shape index (κ3) is 3.95. The van der Waals surface area contributed by atoms with Gasteiger partial charge in [0, 0.05) is 37.2 Å². The van der Waals surface area contributed by atoms with Crippen molar-refractivity contribution >= 4 is 33.4 Å². The molecule has 0 atom stereocenters. The fourth-order valence-corrected chi connectivity index (χ4v) is 4.48. The van der Waals surface area contributed by atoms with Crippen molar-refractivity contribution in [2.24, 2.45) is 5.92 Å². The van der Waals surface area contributed by atoms with Crippen molar-refractivity contribution in [3.8, 4) is 0 Å². The van der Waals surface area contributed by atoms with Gasteiger partial charge in [0.15, 0.2) is 0 Å². The van der Waals surface area contributed by atoms with Crippen LogP contribution in [-0.2, 0) is 16.0 Å². The Bertz CT molecular complexity index is 894. The van der Waals surface area contributed by atoms with E-state index in [1.807, 2.05) is 13.8 Å². The van der Waals surface area contributed by atoms with Gasteiger partial charge in [-0.3, -0.25) is 14.4 Å². The summed E-state index contributed by atoms with van der Waals surface area (Å²) in [5.74, 6) is -0.0561. The summed E-state index contributed by atoms with van der Waals surface area (Å²) in [6.45, 7) is 5.09. The van der Waals surface area contributed by atoms with E-state index in [0.717, 1.165) is 28.1 Å². The molecule has 26 heavy (non-hydrogen) atoms. The number of carbonyl (C=O) groups excluding carboxylic acids is 1. The molecule has 2 aromatic heterocycles. The van der Waals surface area contributed by atoms with Gasteiger partial charge in [0.25, 0.3) is 5.56 Å². The van der Waals surface area contributed by atoms with Crippen LogP contribution in [0.15, 0.2) is 4.79 Å². The number of aromatic amines is 1. The number of thiophene rings is 1. The number of rotatable bonds is 5. The maximum atomic E-state index is 12.4. The second kappa shape index (κ2) is 7.57. The lowest BCUT2D eigenvalue weighted by molar-refractivity contribution is -0.138. The normalized spacial score (nSPS) is 15.5. The number of aromatic nitrogens is 2. The number of amides is 1. The molecule has 1 fully saturated rings. The Labute approximate surface area is 155 Å². The minimum atomic E-state index is -0.778. The number of H-pyrrole nitrogens is 1. The molecular formula is C18H23N3O4S. The third-order valence-electron chi connectivity index (χ3n) is 5.09. The molecule has 3 heterocycles. The number of nitrogens with zero attached hydrogens (tertiary/aromatic N) is 2. The molecule has 2 aromatic rings. The average molecular weight is 377 g/mol. The van der Waals surface area contributed by atoms with E-state index in [0.29, 0.717) is 37.1 Å². The predicted octanol–water partition coefficient (Wildman–Crippen LogP) is 2.25. The first-order valence-electron chi connectivity index (χ1n) is 8.83. The first-order chi connectivity index (χ1) is 12.3. The van der Waals surface area contributed by atoms with E-state index < -0.39 is 5.97 Å². The predicted molar refractivity (Wildman–Crippen MR) is 99.6 cm³/mol. The Morgan fingerprint density at radius 3 is 2.65 bits per heavy atom. The molecule has 0 radical (unpaired) electrons. The highest BCUT2D eigenvalue weighted by Gasteiger charge is 2.24. The molecule has 0 spiro atoms. The molecule has 0 saturated carbocycles. The van der Waals surface area contributed by atoms with Crippen molar-refractivity contribution in [1.29, 1.82) is 0 Å². The Hall–Kier alpha value is -2.22. The van der Waals surface area contributed by atoms with Crippen LogP contribution < -0.4 is 5.56 Å². The number of aliphatic carboxylic acids is 1. The highest BCUT2D eigenvalue weighted by atomic mass is 32.1. The second-order valence-electron chi connectivity index (χ2n) is 6.90. The minimum absolute atomic E-state index is 0.0278. The number of hydrogen-bond acceptors (Lipinski definition) is 5. The minimum Gasteiger partial charge on any atom is -0.481 e. The SMILES string of the molecule is Cc1sc2nc(CCC(=O)N3CCC(CC(=O)O)CC3)[nH]c(=O)c2c1C. The van der Waals surface area contributed by atoms with Gasteiger partial charge >= 0.3 is 5.97 Å². The van der Waals surface area contributed by atoms with E-state index in [1.165, 1.54) is 11.3 Å². The highest BCUT2D eigenvalue weighted by Crippen LogP contribution is 2.26. The molecule has 0 aliphatic carbocycles. The standard InChI is InChI=1S/C18H23N3O4S/c1-10-11(2)26-18-16(10)17(25)19-13(20-18)3-4-14(22)21-7-5-12(6-8-21)9-15(23)24/h12H,3-9H2,1-2H3,(H,23,24)(H,19,20,25). The molecule has 140 valence electrons. The zero-order valence-corrected chi connectivity index (χ0v) is 15.8. The van der Waals surface area contributed by atoms with Gasteiger partial charge in [-0.25, -0.2) is 4.98 Å². The van der Waals surface area contributed by atoms with E-state index in [2.05, 4.69) is 9.97 Å². The van der Waals surface area contributed by atoms with Crippen LogP contribution in [0.5, 0.6) is 0 Å². The Morgan fingerprint density at radius 2 is 2.00 bits per heavy atom. The van der Waals surface area contributed by atoms with Gasteiger partial charge in [-0.2, -0.15) is 0 Å². The number of likely N-dealkylation sites (tertiary alicyclic amines) is 1. The van der Waals surface area contributed by atoms with Gasteiger partial charge in [0.1, 0.15) is 10.7 Å². The molecule has 0 unspecified atom stereocenters. The number of fused-ring (bicyclic) bond motifs is 1. The van der Waals surface area contributed by atoms with Gasteiger partial charge in [-0.05, 0) is 38.2 Å². The van der Waals surface area contributed by atoms with Crippen LogP contribution in [0.3, 0.4) is 0 Å². The van der Waals surface area contributed by atoms with Crippen LogP contribution in [0, 0.1) is 19.8 Å². The summed E-state index contributed by atoms with van der Waals surface area (Å²) < 4.78 is 0. The topological polar surface area (TPSA) is 103 Å². The zero-order chi connectivity index (χ0) is 18.8. The lowest BCUT2D eigenvalue weighted by Gasteiger charge is -2.31. The number of carbonyl (C=O) groups is 2. The van der Waals surface area contributed by atoms with E-state index in [9.17, 15) is 14.4 Å². The van der Waals surface area contributed by atoms with Crippen LogP contribution in [0.25, 0.3) is 10.2 Å². The van der Waals surface area contributed by atoms with Gasteiger partial charge in [0.2, 0.25) is 5.91 Å². The molecule has 7 nitrogen and oxygen atoms in total. The lowest BCUT2D eigenvalue weighted by Crippen LogP contribution is -2.39. The third-order valence-corrected chi connectivity index (χ3v) is 6.20. The maximum Gasteiger partial charge on any atom is 0.303 e. The molecular weight excluding hydrogens is 354 g/mol. The fraction of sp³-hybridized carbons (Fsp3) is 0.556.